The standard InChI is InChI=1S/C10H20N2O2.C2H6/c1-10(2,3)14-9(13)12-6-4-5-8(12)7-11;1-2/h8H,4-7,11H2,1-3H3;1-2H3. The number of carbonyl (C=O) groups is 1. The molecule has 16 heavy (non-hydrogen) atoms. The van der Waals surface area contributed by atoms with Crippen molar-refractivity contribution in [2.75, 3.05) is 13.1 Å². The van der Waals surface area contributed by atoms with Gasteiger partial charge in [-0.05, 0) is 33.6 Å². The van der Waals surface area contributed by atoms with Gasteiger partial charge in [-0.1, -0.05) is 13.8 Å². The second-order valence-corrected chi connectivity index (χ2v) is 4.71. The van der Waals surface area contributed by atoms with E-state index in [1.807, 2.05) is 34.6 Å². The molecule has 0 aromatic rings. The normalized spacial score (nSPS) is 20.1. The minimum absolute atomic E-state index is 0.171. The highest BCUT2D eigenvalue weighted by molar-refractivity contribution is 5.68. The molecule has 1 saturated heterocycles. The lowest BCUT2D eigenvalue weighted by Gasteiger charge is -2.27. The van der Waals surface area contributed by atoms with E-state index >= 15 is 0 Å². The fourth-order valence-corrected chi connectivity index (χ4v) is 1.64. The van der Waals surface area contributed by atoms with Gasteiger partial charge >= 0.3 is 6.09 Å². The first kappa shape index (κ1) is 15.2. The van der Waals surface area contributed by atoms with Crippen LogP contribution in [0.5, 0.6) is 0 Å². The molecule has 0 saturated carbocycles. The Hall–Kier alpha value is -0.770. The minimum Gasteiger partial charge on any atom is -0.444 e. The molecule has 2 N–H and O–H groups in total. The number of amides is 1. The van der Waals surface area contributed by atoms with E-state index in [0.29, 0.717) is 6.54 Å². The fourth-order valence-electron chi connectivity index (χ4n) is 1.64. The van der Waals surface area contributed by atoms with E-state index in [1.165, 1.54) is 0 Å². The number of nitrogens with two attached hydrogens (primary N) is 1. The van der Waals surface area contributed by atoms with Crippen molar-refractivity contribution in [2.24, 2.45) is 5.73 Å². The molecule has 1 fully saturated rings. The van der Waals surface area contributed by atoms with Crippen LogP contribution in [-0.2, 0) is 4.74 Å². The van der Waals surface area contributed by atoms with Crippen molar-refractivity contribution >= 4 is 6.09 Å². The number of hydrogen-bond donors (Lipinski definition) is 1. The number of rotatable bonds is 1. The molecule has 0 aromatic carbocycles. The molecule has 1 aliphatic heterocycles. The Labute approximate surface area is 99.1 Å². The Kier molecular flexibility index (Phi) is 6.41. The Morgan fingerprint density at radius 3 is 2.44 bits per heavy atom. The summed E-state index contributed by atoms with van der Waals surface area (Å²) in [5, 5.41) is 0. The molecular weight excluding hydrogens is 204 g/mol. The molecule has 96 valence electrons. The zero-order chi connectivity index (χ0) is 12.8. The summed E-state index contributed by atoms with van der Waals surface area (Å²) in [7, 11) is 0. The van der Waals surface area contributed by atoms with Crippen LogP contribution in [0.3, 0.4) is 0 Å². The summed E-state index contributed by atoms with van der Waals surface area (Å²) in [4.78, 5) is 13.4. The van der Waals surface area contributed by atoms with Crippen LogP contribution in [0.25, 0.3) is 0 Å². The van der Waals surface area contributed by atoms with E-state index in [4.69, 9.17) is 10.5 Å². The van der Waals surface area contributed by atoms with Crippen molar-refractivity contribution in [2.45, 2.75) is 59.1 Å². The van der Waals surface area contributed by atoms with Crippen LogP contribution in [-0.4, -0.2) is 35.7 Å². The molecule has 1 atom stereocenters. The lowest BCUT2D eigenvalue weighted by Crippen LogP contribution is -2.42. The molecule has 0 aliphatic carbocycles. The van der Waals surface area contributed by atoms with Crippen molar-refractivity contribution < 1.29 is 9.53 Å². The van der Waals surface area contributed by atoms with Gasteiger partial charge in [0.05, 0.1) is 0 Å². The van der Waals surface area contributed by atoms with Crippen LogP contribution in [0.4, 0.5) is 4.79 Å². The topological polar surface area (TPSA) is 55.6 Å². The molecule has 1 amide bonds. The second kappa shape index (κ2) is 6.74. The van der Waals surface area contributed by atoms with Gasteiger partial charge in [0.25, 0.3) is 0 Å². The quantitative estimate of drug-likeness (QED) is 0.752. The molecule has 1 unspecified atom stereocenters. The first-order valence-electron chi connectivity index (χ1n) is 6.14. The third-order valence-electron chi connectivity index (χ3n) is 2.28. The molecular formula is C12H26N2O2. The minimum atomic E-state index is -0.418. The van der Waals surface area contributed by atoms with E-state index < -0.39 is 5.60 Å². The van der Waals surface area contributed by atoms with Crippen molar-refractivity contribution in [3.8, 4) is 0 Å². The van der Waals surface area contributed by atoms with Gasteiger partial charge in [-0.2, -0.15) is 0 Å². The smallest absolute Gasteiger partial charge is 0.410 e. The summed E-state index contributed by atoms with van der Waals surface area (Å²) >= 11 is 0. The molecule has 1 aliphatic rings. The molecule has 0 radical (unpaired) electrons. The van der Waals surface area contributed by atoms with Gasteiger partial charge in [0.1, 0.15) is 5.60 Å². The van der Waals surface area contributed by atoms with E-state index in [9.17, 15) is 4.79 Å². The fraction of sp³-hybridized carbons (Fsp3) is 0.917. The van der Waals surface area contributed by atoms with Gasteiger partial charge < -0.3 is 15.4 Å². The highest BCUT2D eigenvalue weighted by Crippen LogP contribution is 2.19. The Bertz CT molecular complexity index is 212. The first-order valence-corrected chi connectivity index (χ1v) is 6.14. The molecule has 0 aromatic heterocycles. The number of nitrogens with zero attached hydrogens (tertiary/aromatic N) is 1. The predicted molar refractivity (Wildman–Crippen MR) is 66.4 cm³/mol. The molecule has 0 spiro atoms. The van der Waals surface area contributed by atoms with Crippen molar-refractivity contribution in [3.63, 3.8) is 0 Å². The van der Waals surface area contributed by atoms with Gasteiger partial charge in [0, 0.05) is 19.1 Å². The van der Waals surface area contributed by atoms with Crippen LogP contribution in [0.2, 0.25) is 0 Å². The maximum Gasteiger partial charge on any atom is 0.410 e. The van der Waals surface area contributed by atoms with Crippen molar-refractivity contribution in [1.29, 1.82) is 0 Å². The van der Waals surface area contributed by atoms with Crippen LogP contribution >= 0.6 is 0 Å². The van der Waals surface area contributed by atoms with Gasteiger partial charge in [-0.3, -0.25) is 0 Å². The van der Waals surface area contributed by atoms with E-state index in [2.05, 4.69) is 0 Å². The molecule has 1 rings (SSSR count). The summed E-state index contributed by atoms with van der Waals surface area (Å²) in [6.45, 7) is 10.9. The van der Waals surface area contributed by atoms with Crippen LogP contribution < -0.4 is 5.73 Å². The molecule has 1 heterocycles. The Balaban J connectivity index is 0.00000106. The van der Waals surface area contributed by atoms with Crippen molar-refractivity contribution in [1.82, 2.24) is 4.90 Å². The summed E-state index contributed by atoms with van der Waals surface area (Å²) in [6.07, 6.45) is 1.79. The zero-order valence-electron chi connectivity index (χ0n) is 11.2. The van der Waals surface area contributed by atoms with Gasteiger partial charge in [0.15, 0.2) is 0 Å². The number of carbonyl (C=O) groups excluding carboxylic acids is 1. The van der Waals surface area contributed by atoms with E-state index in [1.54, 1.807) is 4.90 Å². The SMILES string of the molecule is CC.CC(C)(C)OC(=O)N1CCCC1CN. The zero-order valence-corrected chi connectivity index (χ0v) is 11.2. The van der Waals surface area contributed by atoms with Gasteiger partial charge in [-0.25, -0.2) is 4.79 Å². The maximum absolute atomic E-state index is 11.7. The summed E-state index contributed by atoms with van der Waals surface area (Å²) in [5.74, 6) is 0. The lowest BCUT2D eigenvalue weighted by molar-refractivity contribution is 0.0232. The Morgan fingerprint density at radius 2 is 2.00 bits per heavy atom. The van der Waals surface area contributed by atoms with Crippen LogP contribution in [0, 0.1) is 0 Å². The average Bonchev–Trinajstić information content (AvgIpc) is 2.66. The van der Waals surface area contributed by atoms with Gasteiger partial charge in [-0.15, -0.1) is 0 Å². The van der Waals surface area contributed by atoms with Crippen LogP contribution in [0.15, 0.2) is 0 Å². The van der Waals surface area contributed by atoms with E-state index in [0.717, 1.165) is 19.4 Å². The van der Waals surface area contributed by atoms with E-state index in [-0.39, 0.29) is 12.1 Å². The van der Waals surface area contributed by atoms with Crippen molar-refractivity contribution in [3.05, 3.63) is 0 Å². The third kappa shape index (κ3) is 4.84. The molecule has 0 bridgehead atoms. The van der Waals surface area contributed by atoms with Gasteiger partial charge in [0.2, 0.25) is 0 Å². The highest BCUT2D eigenvalue weighted by atomic mass is 16.6. The monoisotopic (exact) mass is 230 g/mol. The number of likely N-dealkylation sites (tertiary alicyclic amines) is 1. The second-order valence-electron chi connectivity index (χ2n) is 4.71. The summed E-state index contributed by atoms with van der Waals surface area (Å²) in [6, 6.07) is 0.171. The summed E-state index contributed by atoms with van der Waals surface area (Å²) in [5.41, 5.74) is 5.16. The molecule has 4 nitrogen and oxygen atoms in total. The average molecular weight is 230 g/mol. The summed E-state index contributed by atoms with van der Waals surface area (Å²) < 4.78 is 5.29. The Morgan fingerprint density at radius 1 is 1.44 bits per heavy atom. The maximum atomic E-state index is 11.7. The predicted octanol–water partition coefficient (Wildman–Crippen LogP) is 2.37. The van der Waals surface area contributed by atoms with Crippen LogP contribution in [0.1, 0.15) is 47.5 Å². The first-order chi connectivity index (χ1) is 7.44. The third-order valence-corrected chi connectivity index (χ3v) is 2.28. The highest BCUT2D eigenvalue weighted by Gasteiger charge is 2.30. The molecule has 4 heteroatoms. The lowest BCUT2D eigenvalue weighted by atomic mass is 10.2. The largest absolute Gasteiger partial charge is 0.444 e. The number of ether oxygens (including phenoxy) is 1. The number of hydrogen-bond acceptors (Lipinski definition) is 3.